The molecule has 0 atom stereocenters. The second-order valence-corrected chi connectivity index (χ2v) is 27.0. The molecule has 0 aliphatic rings. The van der Waals surface area contributed by atoms with Gasteiger partial charge in [0.2, 0.25) is 0 Å². The van der Waals surface area contributed by atoms with Crippen LogP contribution in [0, 0.1) is 0 Å². The lowest BCUT2D eigenvalue weighted by Crippen LogP contribution is -3.00. The molecule has 0 bridgehead atoms. The molecule has 0 aromatic rings. The number of hydrogen-bond acceptors (Lipinski definition) is 1. The lowest BCUT2D eigenvalue weighted by molar-refractivity contribution is -0.00000412. The predicted octanol–water partition coefficient (Wildman–Crippen LogP) is 2.18. The van der Waals surface area contributed by atoms with Crippen LogP contribution in [-0.2, 0) is 0 Å². The fourth-order valence-corrected chi connectivity index (χ4v) is 25.0. The first-order valence-corrected chi connectivity index (χ1v) is 17.5. The average molecular weight is 364 g/mol. The quantitative estimate of drug-likeness (QED) is 0.536. The molecule has 0 aliphatic heterocycles. The molecule has 0 heterocycles. The highest BCUT2D eigenvalue weighted by atomic mass is 79.9. The second kappa shape index (κ2) is 6.81. The van der Waals surface area contributed by atoms with Crippen molar-refractivity contribution in [3.05, 3.63) is 0 Å². The van der Waals surface area contributed by atoms with Gasteiger partial charge in [-0.05, 0) is 33.0 Å². The van der Waals surface area contributed by atoms with Crippen LogP contribution in [0.4, 0.5) is 0 Å². The van der Waals surface area contributed by atoms with E-state index in [-0.39, 0.29) is 24.9 Å². The number of rotatable bonds is 4. The molecule has 0 saturated heterocycles. The van der Waals surface area contributed by atoms with E-state index in [1.54, 1.807) is 0 Å². The minimum Gasteiger partial charge on any atom is -1.00 e. The first-order chi connectivity index (χ1) is 6.37. The molecule has 0 aliphatic carbocycles. The van der Waals surface area contributed by atoms with Gasteiger partial charge in [0.25, 0.3) is 0 Å². The zero-order chi connectivity index (χ0) is 12.5. The summed E-state index contributed by atoms with van der Waals surface area (Å²) in [4.78, 5) is 0. The fourth-order valence-electron chi connectivity index (χ4n) is 1.70. The van der Waals surface area contributed by atoms with Crippen LogP contribution >= 0.6 is 21.6 Å². The lowest BCUT2D eigenvalue weighted by Gasteiger charge is -2.31. The number of hydrogen-bond donors (Lipinski definition) is 0. The van der Waals surface area contributed by atoms with Crippen LogP contribution in [0.25, 0.3) is 0 Å². The van der Waals surface area contributed by atoms with Crippen molar-refractivity contribution in [2.45, 2.75) is 19.6 Å². The van der Waals surface area contributed by atoms with E-state index in [1.165, 1.54) is 5.90 Å². The summed E-state index contributed by atoms with van der Waals surface area (Å²) in [5, 5.41) is 0. The molecule has 16 heavy (non-hydrogen) atoms. The topological polar surface area (TPSA) is 12.4 Å². The van der Waals surface area contributed by atoms with Gasteiger partial charge in [-0.1, -0.05) is 7.92 Å². The molecule has 0 aromatic carbocycles. The number of halogens is 1. The molecule has 0 unspecified atom stereocenters. The summed E-state index contributed by atoms with van der Waals surface area (Å²) >= 11 is 0. The maximum absolute atomic E-state index is 5.28. The molecule has 0 spiro atoms. The van der Waals surface area contributed by atoms with Crippen LogP contribution in [0.1, 0.15) is 0 Å². The summed E-state index contributed by atoms with van der Waals surface area (Å²) in [6.45, 7) is 20.1. The van der Waals surface area contributed by atoms with Gasteiger partial charge in [-0.15, -0.1) is 0 Å². The van der Waals surface area contributed by atoms with Crippen molar-refractivity contribution >= 4 is 29.9 Å². The van der Waals surface area contributed by atoms with Crippen LogP contribution in [0.15, 0.2) is 4.41 Å². The maximum Gasteiger partial charge on any atom is 0.174 e. The van der Waals surface area contributed by atoms with Crippen LogP contribution in [0.5, 0.6) is 0 Å². The van der Waals surface area contributed by atoms with Gasteiger partial charge in [0.05, 0.1) is 26.0 Å². The van der Waals surface area contributed by atoms with Gasteiger partial charge >= 0.3 is 0 Å². The minimum absolute atomic E-state index is 0. The second-order valence-electron chi connectivity index (χ2n) is 6.45. The van der Waals surface area contributed by atoms with Crippen molar-refractivity contribution in [3.63, 3.8) is 0 Å². The molecule has 0 fully saturated rings. The maximum atomic E-state index is 5.28. The Bertz CT molecular complexity index is 266. The van der Waals surface area contributed by atoms with Gasteiger partial charge in [0.15, 0.2) is 8.24 Å². The molecule has 6 heteroatoms. The highest BCUT2D eigenvalue weighted by Gasteiger charge is 2.38. The zero-order valence-electron chi connectivity index (χ0n) is 12.4. The minimum atomic E-state index is -1.24. The molecular weight excluding hydrogens is 335 g/mol. The molecule has 1 nitrogen and oxygen atoms in total. The van der Waals surface area contributed by atoms with E-state index in [0.29, 0.717) is 0 Å². The Labute approximate surface area is 116 Å². The first kappa shape index (κ1) is 20.1. The van der Waals surface area contributed by atoms with E-state index >= 15 is 0 Å². The summed E-state index contributed by atoms with van der Waals surface area (Å²) in [5.41, 5.74) is 0. The molecule has 0 amide bonds. The van der Waals surface area contributed by atoms with Crippen LogP contribution in [0.2, 0.25) is 19.6 Å². The Morgan fingerprint density at radius 3 is 1.75 bits per heavy atom. The van der Waals surface area contributed by atoms with Crippen molar-refractivity contribution < 1.29 is 17.0 Å². The summed E-state index contributed by atoms with van der Waals surface area (Å²) in [5.74, 6) is 1.47. The van der Waals surface area contributed by atoms with Crippen LogP contribution in [-0.4, -0.2) is 54.1 Å². The van der Waals surface area contributed by atoms with E-state index in [0.717, 1.165) is 0 Å². The Morgan fingerprint density at radius 2 is 1.50 bits per heavy atom. The summed E-state index contributed by atoms with van der Waals surface area (Å²) in [7, 11) is -1.01. The Balaban J connectivity index is 0. The van der Waals surface area contributed by atoms with Crippen molar-refractivity contribution in [2.24, 2.45) is 4.41 Å². The highest BCUT2D eigenvalue weighted by molar-refractivity contribution is 8.43. The van der Waals surface area contributed by atoms with E-state index in [4.69, 9.17) is 4.41 Å². The predicted molar refractivity (Wildman–Crippen MR) is 86.9 cm³/mol. The van der Waals surface area contributed by atoms with Crippen molar-refractivity contribution in [3.8, 4) is 0 Å². The van der Waals surface area contributed by atoms with Gasteiger partial charge in [-0.3, -0.25) is 0 Å². The van der Waals surface area contributed by atoms with Crippen molar-refractivity contribution in [2.75, 3.05) is 45.9 Å². The van der Waals surface area contributed by atoms with Gasteiger partial charge in [-0.25, -0.2) is 0 Å². The SMILES string of the molecule is CP(C)C[P+](C)(C)P(C)(C)=N[Si](C)(C)C.[Br-]. The van der Waals surface area contributed by atoms with E-state index < -0.39 is 21.9 Å². The van der Waals surface area contributed by atoms with E-state index in [2.05, 4.69) is 59.6 Å². The fraction of sp³-hybridized carbons (Fsp3) is 1.00. The monoisotopic (exact) mass is 363 g/mol. The molecule has 0 radical (unpaired) electrons. The van der Waals surface area contributed by atoms with E-state index in [1.807, 2.05) is 0 Å². The van der Waals surface area contributed by atoms with Gasteiger partial charge < -0.3 is 21.4 Å². The number of nitrogens with zero attached hydrogens (tertiary/aromatic N) is 1. The van der Waals surface area contributed by atoms with Crippen molar-refractivity contribution in [1.29, 1.82) is 0 Å². The Kier molecular flexibility index (Phi) is 8.56. The standard InChI is InChI=1S/C10H29NP3Si.BrH/c1-12(2)10-13(3,4)14(5,6)11-15(7,8)9;/h10H2,1-9H3;1H/q+1;/p-1. The van der Waals surface area contributed by atoms with Gasteiger partial charge in [0.1, 0.15) is 0 Å². The molecule has 0 rings (SSSR count). The molecule has 0 N–H and O–H groups in total. The Hall–Kier alpha value is 1.79. The smallest absolute Gasteiger partial charge is 0.174 e. The normalized spacial score (nSPS) is 13.6. The molecular formula is C10H29BrNP3Si. The molecule has 0 saturated carbocycles. The summed E-state index contributed by atoms with van der Waals surface area (Å²) < 4.78 is 5.28. The lowest BCUT2D eigenvalue weighted by atomic mass is 11.8. The van der Waals surface area contributed by atoms with Gasteiger partial charge in [0, 0.05) is 20.3 Å². The average Bonchev–Trinajstić information content (AvgIpc) is 1.75. The third-order valence-electron chi connectivity index (χ3n) is 2.50. The van der Waals surface area contributed by atoms with Crippen LogP contribution < -0.4 is 17.0 Å². The van der Waals surface area contributed by atoms with Crippen molar-refractivity contribution in [1.82, 2.24) is 0 Å². The van der Waals surface area contributed by atoms with E-state index in [9.17, 15) is 0 Å². The first-order valence-electron chi connectivity index (χ1n) is 5.44. The van der Waals surface area contributed by atoms with Crippen LogP contribution in [0.3, 0.4) is 0 Å². The third-order valence-corrected chi connectivity index (χ3v) is 24.4. The summed E-state index contributed by atoms with van der Waals surface area (Å²) in [6.07, 6.45) is 0. The molecule has 100 valence electrons. The summed E-state index contributed by atoms with van der Waals surface area (Å²) in [6, 6.07) is 0. The Morgan fingerprint density at radius 1 is 1.12 bits per heavy atom. The highest BCUT2D eigenvalue weighted by Crippen LogP contribution is 2.86. The largest absolute Gasteiger partial charge is 1.00 e. The third kappa shape index (κ3) is 7.27. The van der Waals surface area contributed by atoms with Gasteiger partial charge in [-0.2, -0.15) is 0 Å². The molecule has 0 aromatic heterocycles. The zero-order valence-corrected chi connectivity index (χ0v) is 17.6.